The van der Waals surface area contributed by atoms with Crippen LogP contribution in [0.3, 0.4) is 0 Å². The van der Waals surface area contributed by atoms with E-state index in [-0.39, 0.29) is 5.91 Å². The second-order valence-electron chi connectivity index (χ2n) is 5.28. The van der Waals surface area contributed by atoms with E-state index in [1.54, 1.807) is 6.92 Å². The molecule has 1 aromatic carbocycles. The summed E-state index contributed by atoms with van der Waals surface area (Å²) in [5, 5.41) is 14.1. The molecule has 1 amide bonds. The normalized spacial score (nSPS) is 17.9. The van der Waals surface area contributed by atoms with Gasteiger partial charge in [0.2, 0.25) is 17.7 Å². The number of carbonyl (C=O) groups excluding carboxylic acids is 1. The molecule has 1 unspecified atom stereocenters. The second-order valence-corrected chi connectivity index (χ2v) is 5.28. The molecule has 0 bridgehead atoms. The molecule has 110 valence electrons. The predicted molar refractivity (Wildman–Crippen MR) is 78.7 cm³/mol. The number of rotatable bonds is 4. The van der Waals surface area contributed by atoms with Crippen LogP contribution >= 0.6 is 0 Å². The number of carbonyl (C=O) groups is 1. The highest BCUT2D eigenvalue weighted by Crippen LogP contribution is 2.27. The Hall–Kier alpha value is -2.21. The van der Waals surface area contributed by atoms with Crippen LogP contribution in [-0.4, -0.2) is 29.2 Å². The number of nitrogens with one attached hydrogen (secondary N) is 2. The van der Waals surface area contributed by atoms with Gasteiger partial charge in [-0.25, -0.2) is 0 Å². The van der Waals surface area contributed by atoms with Gasteiger partial charge in [-0.15, -0.1) is 10.2 Å². The van der Waals surface area contributed by atoms with Gasteiger partial charge in [0.1, 0.15) is 0 Å². The Balaban J connectivity index is 1.74. The molecular formula is C15H18N4O2. The molecule has 3 rings (SSSR count). The number of para-hydroxylation sites is 1. The van der Waals surface area contributed by atoms with Crippen LogP contribution < -0.4 is 10.6 Å². The van der Waals surface area contributed by atoms with E-state index >= 15 is 0 Å². The largest absolute Gasteiger partial charge is 0.421 e. The van der Waals surface area contributed by atoms with E-state index in [2.05, 4.69) is 20.8 Å². The maximum absolute atomic E-state index is 12.2. The third-order valence-corrected chi connectivity index (χ3v) is 3.59. The maximum Gasteiger partial charge on any atom is 0.249 e. The summed E-state index contributed by atoms with van der Waals surface area (Å²) in [5.41, 5.74) is 1.45. The first-order valence-corrected chi connectivity index (χ1v) is 7.12. The molecule has 0 radical (unpaired) electrons. The Morgan fingerprint density at radius 1 is 1.43 bits per heavy atom. The molecular weight excluding hydrogens is 268 g/mol. The number of hydrogen-bond donors (Lipinski definition) is 2. The molecule has 21 heavy (non-hydrogen) atoms. The number of anilines is 1. The van der Waals surface area contributed by atoms with Crippen molar-refractivity contribution >= 4 is 11.6 Å². The fourth-order valence-corrected chi connectivity index (χ4v) is 2.54. The van der Waals surface area contributed by atoms with Crippen molar-refractivity contribution in [2.45, 2.75) is 19.8 Å². The van der Waals surface area contributed by atoms with E-state index in [1.165, 1.54) is 0 Å². The monoisotopic (exact) mass is 286 g/mol. The van der Waals surface area contributed by atoms with E-state index in [0.29, 0.717) is 29.8 Å². The molecule has 1 aliphatic heterocycles. The van der Waals surface area contributed by atoms with Crippen LogP contribution in [-0.2, 0) is 4.79 Å². The fraction of sp³-hybridized carbons (Fsp3) is 0.400. The summed E-state index contributed by atoms with van der Waals surface area (Å²) in [6, 6.07) is 7.46. The van der Waals surface area contributed by atoms with Crippen molar-refractivity contribution in [3.63, 3.8) is 0 Å². The zero-order valence-corrected chi connectivity index (χ0v) is 11.9. The van der Waals surface area contributed by atoms with Crippen LogP contribution in [0, 0.1) is 12.8 Å². The second kappa shape index (κ2) is 6.05. The van der Waals surface area contributed by atoms with Crippen LogP contribution in [0.25, 0.3) is 11.5 Å². The molecule has 2 N–H and O–H groups in total. The lowest BCUT2D eigenvalue weighted by Gasteiger charge is -2.11. The van der Waals surface area contributed by atoms with E-state index < -0.39 is 0 Å². The Bertz CT molecular complexity index is 632. The highest BCUT2D eigenvalue weighted by Gasteiger charge is 2.19. The average Bonchev–Trinajstić information content (AvgIpc) is 3.11. The number of benzene rings is 1. The van der Waals surface area contributed by atoms with Gasteiger partial charge in [0.25, 0.3) is 0 Å². The zero-order chi connectivity index (χ0) is 14.7. The number of nitrogens with zero attached hydrogens (tertiary/aromatic N) is 2. The molecule has 1 fully saturated rings. The molecule has 2 heterocycles. The molecule has 1 aromatic heterocycles. The molecule has 6 nitrogen and oxygen atoms in total. The van der Waals surface area contributed by atoms with Crippen molar-refractivity contribution in [2.75, 3.05) is 18.4 Å². The van der Waals surface area contributed by atoms with Crippen molar-refractivity contribution in [1.29, 1.82) is 0 Å². The van der Waals surface area contributed by atoms with Crippen LogP contribution in [0.2, 0.25) is 0 Å². The minimum atomic E-state index is 0.0207. The first kappa shape index (κ1) is 13.8. The van der Waals surface area contributed by atoms with Gasteiger partial charge in [0, 0.05) is 13.3 Å². The molecule has 2 aromatic rings. The average molecular weight is 286 g/mol. The maximum atomic E-state index is 12.2. The molecule has 1 aliphatic rings. The van der Waals surface area contributed by atoms with E-state index in [4.69, 9.17) is 4.42 Å². The summed E-state index contributed by atoms with van der Waals surface area (Å²) in [5.74, 6) is 1.37. The molecule has 0 spiro atoms. The lowest BCUT2D eigenvalue weighted by Crippen LogP contribution is -2.18. The minimum absolute atomic E-state index is 0.0207. The van der Waals surface area contributed by atoms with Crippen LogP contribution in [0.15, 0.2) is 28.7 Å². The lowest BCUT2D eigenvalue weighted by molar-refractivity contribution is -0.116. The third kappa shape index (κ3) is 3.28. The summed E-state index contributed by atoms with van der Waals surface area (Å²) in [7, 11) is 0. The van der Waals surface area contributed by atoms with Gasteiger partial charge in [-0.05, 0) is 37.6 Å². The first-order valence-electron chi connectivity index (χ1n) is 7.12. The number of amides is 1. The highest BCUT2D eigenvalue weighted by atomic mass is 16.4. The van der Waals surface area contributed by atoms with Gasteiger partial charge in [0.15, 0.2) is 0 Å². The van der Waals surface area contributed by atoms with Crippen LogP contribution in [0.5, 0.6) is 0 Å². The van der Waals surface area contributed by atoms with Crippen LogP contribution in [0.1, 0.15) is 18.7 Å². The Kier molecular flexibility index (Phi) is 3.96. The Labute approximate surface area is 123 Å². The van der Waals surface area contributed by atoms with E-state index in [1.807, 2.05) is 24.3 Å². The van der Waals surface area contributed by atoms with Gasteiger partial charge >= 0.3 is 0 Å². The van der Waals surface area contributed by atoms with Crippen molar-refractivity contribution in [3.8, 4) is 11.5 Å². The topological polar surface area (TPSA) is 80.0 Å². The summed E-state index contributed by atoms with van der Waals surface area (Å²) >= 11 is 0. The summed E-state index contributed by atoms with van der Waals surface area (Å²) in [6.45, 7) is 3.65. The summed E-state index contributed by atoms with van der Waals surface area (Å²) < 4.78 is 5.44. The van der Waals surface area contributed by atoms with Crippen molar-refractivity contribution in [3.05, 3.63) is 30.2 Å². The Morgan fingerprint density at radius 2 is 2.29 bits per heavy atom. The van der Waals surface area contributed by atoms with E-state index in [0.717, 1.165) is 25.1 Å². The third-order valence-electron chi connectivity index (χ3n) is 3.59. The van der Waals surface area contributed by atoms with Gasteiger partial charge in [-0.1, -0.05) is 12.1 Å². The lowest BCUT2D eigenvalue weighted by atomic mass is 10.0. The van der Waals surface area contributed by atoms with Crippen molar-refractivity contribution in [1.82, 2.24) is 15.5 Å². The molecule has 0 saturated carbocycles. The van der Waals surface area contributed by atoms with Gasteiger partial charge in [-0.3, -0.25) is 4.79 Å². The summed E-state index contributed by atoms with van der Waals surface area (Å²) in [6.07, 6.45) is 1.59. The zero-order valence-electron chi connectivity index (χ0n) is 11.9. The molecule has 6 heteroatoms. The smallest absolute Gasteiger partial charge is 0.249 e. The molecule has 0 aliphatic carbocycles. The quantitative estimate of drug-likeness (QED) is 0.898. The van der Waals surface area contributed by atoms with E-state index in [9.17, 15) is 4.79 Å². The standard InChI is InChI=1S/C15H18N4O2/c1-10-18-19-15(21-10)12-4-2-3-5-13(12)17-14(20)8-11-6-7-16-9-11/h2-5,11,16H,6-9H2,1H3,(H,17,20). The van der Waals surface area contributed by atoms with Gasteiger partial charge in [0.05, 0.1) is 11.3 Å². The number of hydrogen-bond acceptors (Lipinski definition) is 5. The SMILES string of the molecule is Cc1nnc(-c2ccccc2NC(=O)CC2CCNC2)o1. The number of aryl methyl sites for hydroxylation is 1. The highest BCUT2D eigenvalue weighted by molar-refractivity contribution is 5.94. The first-order chi connectivity index (χ1) is 10.2. The number of aromatic nitrogens is 2. The minimum Gasteiger partial charge on any atom is -0.421 e. The van der Waals surface area contributed by atoms with Crippen molar-refractivity contribution < 1.29 is 9.21 Å². The Morgan fingerprint density at radius 3 is 3.00 bits per heavy atom. The van der Waals surface area contributed by atoms with Gasteiger partial charge < -0.3 is 15.1 Å². The summed E-state index contributed by atoms with van der Waals surface area (Å²) in [4.78, 5) is 12.2. The van der Waals surface area contributed by atoms with Gasteiger partial charge in [-0.2, -0.15) is 0 Å². The van der Waals surface area contributed by atoms with Crippen LogP contribution in [0.4, 0.5) is 5.69 Å². The fourth-order valence-electron chi connectivity index (χ4n) is 2.54. The van der Waals surface area contributed by atoms with Crippen molar-refractivity contribution in [2.24, 2.45) is 5.92 Å². The predicted octanol–water partition coefficient (Wildman–Crippen LogP) is 1.98. The molecule has 1 saturated heterocycles. The molecule has 1 atom stereocenters.